The number of rotatable bonds is 6. The van der Waals surface area contributed by atoms with Gasteiger partial charge in [0.25, 0.3) is 17.7 Å². The molecule has 2 fully saturated rings. The fourth-order valence-electron chi connectivity index (χ4n) is 5.12. The fraction of sp³-hybridized carbons (Fsp3) is 0.444. The zero-order valence-electron chi connectivity index (χ0n) is 19.4. The van der Waals surface area contributed by atoms with Crippen LogP contribution >= 0.6 is 0 Å². The molecular weight excluding hydrogens is 430 g/mol. The maximum absolute atomic E-state index is 13.0. The summed E-state index contributed by atoms with van der Waals surface area (Å²) in [7, 11) is 0. The molecule has 0 radical (unpaired) electrons. The summed E-state index contributed by atoms with van der Waals surface area (Å²) in [4.78, 5) is 43.9. The summed E-state index contributed by atoms with van der Waals surface area (Å²) < 4.78 is 5.42. The molecule has 0 spiro atoms. The zero-order chi connectivity index (χ0) is 23.5. The average Bonchev–Trinajstić information content (AvgIpc) is 3.13. The molecule has 7 nitrogen and oxygen atoms in total. The normalized spacial score (nSPS) is 19.5. The van der Waals surface area contributed by atoms with Crippen molar-refractivity contribution < 1.29 is 19.1 Å². The van der Waals surface area contributed by atoms with Crippen molar-refractivity contribution in [1.82, 2.24) is 14.7 Å². The van der Waals surface area contributed by atoms with Crippen molar-refractivity contribution in [1.29, 1.82) is 0 Å². The summed E-state index contributed by atoms with van der Waals surface area (Å²) in [5.41, 5.74) is 2.38. The van der Waals surface area contributed by atoms with Gasteiger partial charge in [-0.1, -0.05) is 24.3 Å². The lowest BCUT2D eigenvalue weighted by molar-refractivity contribution is 0.0332. The predicted octanol–water partition coefficient (Wildman–Crippen LogP) is 3.06. The first-order valence-electron chi connectivity index (χ1n) is 12.2. The van der Waals surface area contributed by atoms with Crippen molar-refractivity contribution in [2.45, 2.75) is 25.8 Å². The Morgan fingerprint density at radius 1 is 0.853 bits per heavy atom. The maximum atomic E-state index is 13.0. The number of likely N-dealkylation sites (tertiary alicyclic amines) is 1. The van der Waals surface area contributed by atoms with Crippen LogP contribution < -0.4 is 0 Å². The second kappa shape index (κ2) is 10.1. The quantitative estimate of drug-likeness (QED) is 0.619. The van der Waals surface area contributed by atoms with Crippen molar-refractivity contribution in [3.05, 3.63) is 70.8 Å². The Labute approximate surface area is 200 Å². The predicted molar refractivity (Wildman–Crippen MR) is 128 cm³/mol. The van der Waals surface area contributed by atoms with Crippen LogP contribution in [0.4, 0.5) is 0 Å². The van der Waals surface area contributed by atoms with E-state index in [-0.39, 0.29) is 24.3 Å². The highest BCUT2D eigenvalue weighted by Crippen LogP contribution is 2.25. The minimum Gasteiger partial charge on any atom is -0.379 e. The summed E-state index contributed by atoms with van der Waals surface area (Å²) in [5.74, 6) is 0.197. The molecule has 2 aromatic carbocycles. The maximum Gasteiger partial charge on any atom is 0.261 e. The van der Waals surface area contributed by atoms with E-state index in [1.807, 2.05) is 17.0 Å². The molecule has 3 amide bonds. The number of carbonyl (C=O) groups is 3. The van der Waals surface area contributed by atoms with Gasteiger partial charge < -0.3 is 9.64 Å². The molecule has 7 heteroatoms. The van der Waals surface area contributed by atoms with Gasteiger partial charge in [-0.2, -0.15) is 0 Å². The molecule has 0 atom stereocenters. The Morgan fingerprint density at radius 3 is 2.09 bits per heavy atom. The zero-order valence-corrected chi connectivity index (χ0v) is 19.4. The Hall–Kier alpha value is -3.03. The van der Waals surface area contributed by atoms with E-state index >= 15 is 0 Å². The first-order chi connectivity index (χ1) is 16.6. The molecule has 0 unspecified atom stereocenters. The monoisotopic (exact) mass is 461 g/mol. The van der Waals surface area contributed by atoms with Crippen molar-refractivity contribution in [3.8, 4) is 0 Å². The van der Waals surface area contributed by atoms with E-state index in [9.17, 15) is 14.4 Å². The van der Waals surface area contributed by atoms with Crippen molar-refractivity contribution >= 4 is 17.7 Å². The third-order valence-electron chi connectivity index (χ3n) is 7.28. The highest BCUT2D eigenvalue weighted by Gasteiger charge is 2.35. The summed E-state index contributed by atoms with van der Waals surface area (Å²) in [6, 6.07) is 14.2. The largest absolute Gasteiger partial charge is 0.379 e. The summed E-state index contributed by atoms with van der Waals surface area (Å²) >= 11 is 0. The van der Waals surface area contributed by atoms with E-state index in [1.165, 1.54) is 11.3 Å². The number of piperidine rings is 1. The Kier molecular flexibility index (Phi) is 6.74. The van der Waals surface area contributed by atoms with E-state index in [4.69, 9.17) is 4.74 Å². The van der Waals surface area contributed by atoms with Crippen LogP contribution in [0.5, 0.6) is 0 Å². The number of hydrogen-bond acceptors (Lipinski definition) is 5. The molecule has 178 valence electrons. The topological polar surface area (TPSA) is 70.2 Å². The standard InChI is InChI=1S/C27H31N3O4/c31-25(29-13-10-20(11-14-29)9-12-28-15-17-34-18-16-28)22-7-5-21(6-8-22)19-30-26(32)23-3-1-2-4-24(23)27(30)33/h1-8,20H,9-19H2. The summed E-state index contributed by atoms with van der Waals surface area (Å²) in [5, 5.41) is 0. The number of amides is 3. The Bertz CT molecular complexity index is 1020. The molecule has 3 aliphatic rings. The van der Waals surface area contributed by atoms with Crippen LogP contribution in [-0.4, -0.2) is 78.4 Å². The number of benzene rings is 2. The van der Waals surface area contributed by atoms with Gasteiger partial charge in [0.1, 0.15) is 0 Å². The first kappa shape index (κ1) is 22.7. The van der Waals surface area contributed by atoms with E-state index in [1.54, 1.807) is 36.4 Å². The molecular formula is C27H31N3O4. The van der Waals surface area contributed by atoms with Gasteiger partial charge in [-0.05, 0) is 61.6 Å². The number of hydrogen-bond donors (Lipinski definition) is 0. The lowest BCUT2D eigenvalue weighted by atomic mass is 9.93. The van der Waals surface area contributed by atoms with E-state index < -0.39 is 0 Å². The average molecular weight is 462 g/mol. The van der Waals surface area contributed by atoms with Crippen LogP contribution in [0.1, 0.15) is 55.9 Å². The number of fused-ring (bicyclic) bond motifs is 1. The molecule has 0 aromatic heterocycles. The van der Waals surface area contributed by atoms with Crippen molar-refractivity contribution in [3.63, 3.8) is 0 Å². The first-order valence-corrected chi connectivity index (χ1v) is 12.2. The van der Waals surface area contributed by atoms with Crippen molar-refractivity contribution in [2.75, 3.05) is 45.9 Å². The van der Waals surface area contributed by atoms with Crippen LogP contribution in [-0.2, 0) is 11.3 Å². The lowest BCUT2D eigenvalue weighted by Crippen LogP contribution is -2.40. The van der Waals surface area contributed by atoms with Crippen LogP contribution in [0.3, 0.4) is 0 Å². The Morgan fingerprint density at radius 2 is 1.47 bits per heavy atom. The van der Waals surface area contributed by atoms with Crippen LogP contribution in [0.2, 0.25) is 0 Å². The van der Waals surface area contributed by atoms with Crippen molar-refractivity contribution in [2.24, 2.45) is 5.92 Å². The van der Waals surface area contributed by atoms with Gasteiger partial charge in [0.15, 0.2) is 0 Å². The molecule has 0 bridgehead atoms. The van der Waals surface area contributed by atoms with E-state index in [0.29, 0.717) is 22.6 Å². The molecule has 0 saturated carbocycles. The molecule has 5 rings (SSSR count). The van der Waals surface area contributed by atoms with Gasteiger partial charge >= 0.3 is 0 Å². The molecule has 3 aliphatic heterocycles. The van der Waals surface area contributed by atoms with E-state index in [2.05, 4.69) is 4.90 Å². The Balaban J connectivity index is 1.12. The molecule has 0 aliphatic carbocycles. The number of imide groups is 1. The number of morpholine rings is 1. The molecule has 2 aromatic rings. The highest BCUT2D eigenvalue weighted by atomic mass is 16.5. The van der Waals surface area contributed by atoms with Crippen LogP contribution in [0.25, 0.3) is 0 Å². The summed E-state index contributed by atoms with van der Waals surface area (Å²) in [6.07, 6.45) is 3.29. The third kappa shape index (κ3) is 4.76. The smallest absolute Gasteiger partial charge is 0.261 e. The molecule has 34 heavy (non-hydrogen) atoms. The van der Waals surface area contributed by atoms with Gasteiger partial charge in [0.05, 0.1) is 30.9 Å². The van der Waals surface area contributed by atoms with E-state index in [0.717, 1.165) is 64.3 Å². The van der Waals surface area contributed by atoms with Crippen LogP contribution in [0.15, 0.2) is 48.5 Å². The van der Waals surface area contributed by atoms with Gasteiger partial charge in [-0.3, -0.25) is 24.2 Å². The second-order valence-corrected chi connectivity index (χ2v) is 9.42. The highest BCUT2D eigenvalue weighted by molar-refractivity contribution is 6.21. The van der Waals surface area contributed by atoms with Gasteiger partial charge in [-0.15, -0.1) is 0 Å². The third-order valence-corrected chi connectivity index (χ3v) is 7.28. The van der Waals surface area contributed by atoms with Crippen LogP contribution in [0, 0.1) is 5.92 Å². The minimum atomic E-state index is -0.266. The minimum absolute atomic E-state index is 0.0545. The number of nitrogens with zero attached hydrogens (tertiary/aromatic N) is 3. The fourth-order valence-corrected chi connectivity index (χ4v) is 5.12. The van der Waals surface area contributed by atoms with Gasteiger partial charge in [-0.25, -0.2) is 0 Å². The van der Waals surface area contributed by atoms with Gasteiger partial charge in [0.2, 0.25) is 0 Å². The molecule has 0 N–H and O–H groups in total. The SMILES string of the molecule is O=C(c1ccc(CN2C(=O)c3ccccc3C2=O)cc1)N1CCC(CCN2CCOCC2)CC1. The lowest BCUT2D eigenvalue weighted by Gasteiger charge is -2.34. The summed E-state index contributed by atoms with van der Waals surface area (Å²) in [6.45, 7) is 6.65. The second-order valence-electron chi connectivity index (χ2n) is 9.42. The molecule has 3 heterocycles. The number of carbonyl (C=O) groups excluding carboxylic acids is 3. The molecule has 2 saturated heterocycles. The van der Waals surface area contributed by atoms with Gasteiger partial charge in [0, 0.05) is 31.7 Å². The number of ether oxygens (including phenoxy) is 1.